The molecule has 160 valence electrons. The van der Waals surface area contributed by atoms with E-state index in [-0.39, 0.29) is 11.6 Å². The molecular weight excluding hydrogens is 626 g/mol. The molecule has 9 nitrogen and oxygen atoms in total. The van der Waals surface area contributed by atoms with Gasteiger partial charge >= 0.3 is 5.97 Å². The van der Waals surface area contributed by atoms with Crippen LogP contribution in [0.3, 0.4) is 0 Å². The van der Waals surface area contributed by atoms with Crippen molar-refractivity contribution in [3.63, 3.8) is 0 Å². The van der Waals surface area contributed by atoms with Crippen molar-refractivity contribution in [3.8, 4) is 5.75 Å². The maximum Gasteiger partial charge on any atom is 0.341 e. The second-order valence-corrected chi connectivity index (χ2v) is 9.46. The number of carboxylic acids is 1. The Kier molecular flexibility index (Phi) is 7.51. The van der Waals surface area contributed by atoms with E-state index in [1.165, 1.54) is 18.2 Å². The van der Waals surface area contributed by atoms with Crippen molar-refractivity contribution >= 4 is 94.0 Å². The van der Waals surface area contributed by atoms with Crippen molar-refractivity contribution < 1.29 is 24.4 Å². The molecule has 0 bridgehead atoms. The second kappa shape index (κ2) is 9.94. The van der Waals surface area contributed by atoms with Gasteiger partial charge in [-0.05, 0) is 89.4 Å². The molecule has 0 aliphatic carbocycles. The monoisotopic (exact) mass is 633 g/mol. The molecule has 0 atom stereocenters. The van der Waals surface area contributed by atoms with Gasteiger partial charge in [0.25, 0.3) is 11.6 Å². The van der Waals surface area contributed by atoms with Gasteiger partial charge in [-0.25, -0.2) is 9.79 Å². The van der Waals surface area contributed by atoms with Crippen LogP contribution in [-0.4, -0.2) is 33.7 Å². The first-order chi connectivity index (χ1) is 14.6. The minimum absolute atomic E-state index is 0.0774. The van der Waals surface area contributed by atoms with Gasteiger partial charge in [-0.2, -0.15) is 0 Å². The lowest BCUT2D eigenvalue weighted by Crippen LogP contribution is -2.19. The van der Waals surface area contributed by atoms with Crippen LogP contribution >= 0.6 is 59.6 Å². The van der Waals surface area contributed by atoms with Gasteiger partial charge in [0, 0.05) is 12.1 Å². The van der Waals surface area contributed by atoms with Gasteiger partial charge < -0.3 is 15.2 Å². The lowest BCUT2D eigenvalue weighted by atomic mass is 10.2. The number of carbonyl (C=O) groups excluding carboxylic acids is 1. The summed E-state index contributed by atoms with van der Waals surface area (Å²) in [6, 6.07) is 7.51. The molecule has 0 unspecified atom stereocenters. The highest BCUT2D eigenvalue weighted by Gasteiger charge is 2.24. The number of nitro benzene ring substituents is 1. The van der Waals surface area contributed by atoms with Crippen LogP contribution in [0.15, 0.2) is 53.6 Å². The molecule has 2 N–H and O–H groups in total. The summed E-state index contributed by atoms with van der Waals surface area (Å²) < 4.78 is 6.68. The first-order valence-electron chi connectivity index (χ1n) is 8.21. The third kappa shape index (κ3) is 5.93. The van der Waals surface area contributed by atoms with E-state index < -0.39 is 17.5 Å². The summed E-state index contributed by atoms with van der Waals surface area (Å²) in [5.74, 6) is -1.12. The van der Waals surface area contributed by atoms with Gasteiger partial charge in [-0.15, -0.1) is 0 Å². The van der Waals surface area contributed by atoms with Crippen LogP contribution < -0.4 is 10.1 Å². The van der Waals surface area contributed by atoms with Crippen molar-refractivity contribution in [1.82, 2.24) is 5.32 Å². The summed E-state index contributed by atoms with van der Waals surface area (Å²) in [4.78, 5) is 38.1. The van der Waals surface area contributed by atoms with Crippen molar-refractivity contribution in [2.45, 2.75) is 0 Å². The number of benzene rings is 2. The van der Waals surface area contributed by atoms with Crippen LogP contribution in [-0.2, 0) is 9.59 Å². The van der Waals surface area contributed by atoms with E-state index in [9.17, 15) is 19.7 Å². The number of carboxylic acid groups (broad SMARTS) is 1. The summed E-state index contributed by atoms with van der Waals surface area (Å²) >= 11 is 11.0. The highest BCUT2D eigenvalue weighted by molar-refractivity contribution is 9.11. The van der Waals surface area contributed by atoms with Crippen molar-refractivity contribution in [2.75, 3.05) is 6.61 Å². The molecule has 0 spiro atoms. The molecule has 1 saturated heterocycles. The molecule has 1 aliphatic rings. The number of non-ortho nitro benzene ring substituents is 1. The number of nitrogens with zero attached hydrogens (tertiary/aromatic N) is 2. The van der Waals surface area contributed by atoms with Gasteiger partial charge in [-0.1, -0.05) is 0 Å². The molecule has 31 heavy (non-hydrogen) atoms. The third-order valence-electron chi connectivity index (χ3n) is 3.67. The number of nitrogens with one attached hydrogen (secondary N) is 1. The number of aliphatic carboxylic acids is 1. The van der Waals surface area contributed by atoms with E-state index in [4.69, 9.17) is 9.84 Å². The van der Waals surface area contributed by atoms with Crippen LogP contribution in [0, 0.1) is 10.1 Å². The summed E-state index contributed by atoms with van der Waals surface area (Å²) in [6.07, 6.45) is 1.64. The molecule has 2 aromatic rings. The maximum absolute atomic E-state index is 12.3. The molecule has 2 aromatic carbocycles. The Morgan fingerprint density at radius 1 is 1.23 bits per heavy atom. The molecule has 0 aromatic heterocycles. The maximum atomic E-state index is 12.3. The summed E-state index contributed by atoms with van der Waals surface area (Å²) in [5.41, 5.74) is 1.02. The van der Waals surface area contributed by atoms with Gasteiger partial charge in [0.1, 0.15) is 5.75 Å². The number of aliphatic imine (C=N–C) groups is 1. The van der Waals surface area contributed by atoms with Gasteiger partial charge in [0.2, 0.25) is 0 Å². The highest BCUT2D eigenvalue weighted by Crippen LogP contribution is 2.37. The number of thioether (sulfide) groups is 1. The molecule has 1 aliphatic heterocycles. The summed E-state index contributed by atoms with van der Waals surface area (Å²) in [7, 11) is 0. The van der Waals surface area contributed by atoms with E-state index in [1.807, 2.05) is 0 Å². The van der Waals surface area contributed by atoms with Crippen molar-refractivity contribution in [2.24, 2.45) is 4.99 Å². The zero-order valence-electron chi connectivity index (χ0n) is 15.1. The van der Waals surface area contributed by atoms with E-state index in [0.29, 0.717) is 40.5 Å². The predicted molar refractivity (Wildman–Crippen MR) is 127 cm³/mol. The first kappa shape index (κ1) is 23.4. The summed E-state index contributed by atoms with van der Waals surface area (Å²) in [6.45, 7) is -0.492. The lowest BCUT2D eigenvalue weighted by Gasteiger charge is -2.09. The fourth-order valence-electron chi connectivity index (χ4n) is 2.38. The smallest absolute Gasteiger partial charge is 0.341 e. The minimum Gasteiger partial charge on any atom is -0.480 e. The fourth-order valence-corrected chi connectivity index (χ4v) is 5.12. The Balaban J connectivity index is 1.82. The molecule has 3 rings (SSSR count). The highest BCUT2D eigenvalue weighted by atomic mass is 79.9. The number of ether oxygens (including phenoxy) is 1. The van der Waals surface area contributed by atoms with Crippen LogP contribution in [0.4, 0.5) is 11.4 Å². The zero-order valence-corrected chi connectivity index (χ0v) is 20.7. The Labute approximate surface area is 204 Å². The number of amides is 1. The average molecular weight is 636 g/mol. The summed E-state index contributed by atoms with van der Waals surface area (Å²) in [5, 5.41) is 22.6. The Bertz CT molecular complexity index is 1150. The number of nitro groups is 1. The number of hydrogen-bond acceptors (Lipinski definition) is 7. The van der Waals surface area contributed by atoms with Crippen LogP contribution in [0.25, 0.3) is 6.08 Å². The molecule has 0 radical (unpaired) electrons. The lowest BCUT2D eigenvalue weighted by molar-refractivity contribution is -0.384. The number of carbonyl (C=O) groups is 2. The minimum atomic E-state index is -1.10. The van der Waals surface area contributed by atoms with Crippen molar-refractivity contribution in [3.05, 3.63) is 64.3 Å². The van der Waals surface area contributed by atoms with E-state index in [2.05, 4.69) is 58.1 Å². The molecule has 13 heteroatoms. The van der Waals surface area contributed by atoms with Crippen LogP contribution in [0.1, 0.15) is 5.56 Å². The van der Waals surface area contributed by atoms with Crippen molar-refractivity contribution in [1.29, 1.82) is 0 Å². The van der Waals surface area contributed by atoms with Gasteiger partial charge in [0.15, 0.2) is 11.8 Å². The number of rotatable bonds is 6. The molecule has 0 saturated carbocycles. The Hall–Kier alpha value is -2.22. The molecule has 1 amide bonds. The van der Waals surface area contributed by atoms with E-state index in [0.717, 1.165) is 11.8 Å². The quantitative estimate of drug-likeness (QED) is 0.252. The first-order valence-corrected chi connectivity index (χ1v) is 11.4. The fraction of sp³-hybridized carbons (Fsp3) is 0.0556. The third-order valence-corrected chi connectivity index (χ3v) is 6.40. The normalized spacial score (nSPS) is 15.9. The largest absolute Gasteiger partial charge is 0.480 e. The Morgan fingerprint density at radius 3 is 2.48 bits per heavy atom. The zero-order chi connectivity index (χ0) is 22.7. The molecule has 1 fully saturated rings. The average Bonchev–Trinajstić information content (AvgIpc) is 3.01. The Morgan fingerprint density at radius 2 is 1.90 bits per heavy atom. The number of halogens is 3. The number of amidine groups is 1. The SMILES string of the molecule is O=C(O)COc1c(Br)cc(/C=C2/SC(=Nc3ccc([N+](=O)[O-])cc3Br)NC2=O)cc1Br. The van der Waals surface area contributed by atoms with Gasteiger partial charge in [-0.3, -0.25) is 14.9 Å². The number of hydrogen-bond donors (Lipinski definition) is 2. The standard InChI is InChI=1S/C18H10Br3N3O6S/c19-10-6-9(24(28)29)1-2-13(10)22-18-23-17(27)14(31-18)5-8-3-11(20)16(12(21)4-8)30-7-15(25)26/h1-6H,7H2,(H,25,26)(H,22,23,27)/b14-5+. The van der Waals surface area contributed by atoms with Crippen LogP contribution in [0.5, 0.6) is 5.75 Å². The van der Waals surface area contributed by atoms with Gasteiger partial charge in [0.05, 0.1) is 28.9 Å². The topological polar surface area (TPSA) is 131 Å². The molecular formula is C18H10Br3N3O6S. The van der Waals surface area contributed by atoms with Crippen LogP contribution in [0.2, 0.25) is 0 Å². The van der Waals surface area contributed by atoms with E-state index >= 15 is 0 Å². The predicted octanol–water partition coefficient (Wildman–Crippen LogP) is 5.24. The molecule has 1 heterocycles. The van der Waals surface area contributed by atoms with E-state index in [1.54, 1.807) is 18.2 Å². The second-order valence-electron chi connectivity index (χ2n) is 5.87.